The number of hydrogen-bond acceptors (Lipinski definition) is 4. The lowest BCUT2D eigenvalue weighted by molar-refractivity contribution is 0.0602. The van der Waals surface area contributed by atoms with Gasteiger partial charge >= 0.3 is 5.97 Å². The molecule has 0 aliphatic heterocycles. The van der Waals surface area contributed by atoms with Crippen molar-refractivity contribution in [2.24, 2.45) is 5.92 Å². The minimum Gasteiger partial charge on any atom is -0.465 e. The molecule has 0 aromatic heterocycles. The number of carbonyl (C=O) groups is 1. The van der Waals surface area contributed by atoms with Gasteiger partial charge in [0.2, 0.25) is 0 Å². The van der Waals surface area contributed by atoms with Crippen molar-refractivity contribution in [2.45, 2.75) is 46.0 Å². The maximum Gasteiger partial charge on any atom is 0.340 e. The molecule has 0 unspecified atom stereocenters. The van der Waals surface area contributed by atoms with Gasteiger partial charge in [-0.25, -0.2) is 4.79 Å². The Balaban J connectivity index is 2.40. The van der Waals surface area contributed by atoms with Gasteiger partial charge < -0.3 is 15.8 Å². The summed E-state index contributed by atoms with van der Waals surface area (Å²) >= 11 is 0. The highest BCUT2D eigenvalue weighted by Crippen LogP contribution is 2.24. The topological polar surface area (TPSA) is 64.3 Å². The number of para-hydroxylation sites is 1. The first-order chi connectivity index (χ1) is 10.1. The van der Waals surface area contributed by atoms with E-state index in [1.54, 1.807) is 18.2 Å². The van der Waals surface area contributed by atoms with Crippen molar-refractivity contribution in [1.82, 2.24) is 0 Å². The molecule has 0 atom stereocenters. The van der Waals surface area contributed by atoms with E-state index in [-0.39, 0.29) is 5.97 Å². The molecular weight excluding hydrogens is 264 g/mol. The largest absolute Gasteiger partial charge is 0.465 e. The van der Waals surface area contributed by atoms with Gasteiger partial charge in [-0.2, -0.15) is 0 Å². The fraction of sp³-hybridized carbons (Fsp3) is 0.588. The number of nitrogen functional groups attached to an aromatic ring is 1. The summed E-state index contributed by atoms with van der Waals surface area (Å²) in [6.45, 7) is 5.34. The van der Waals surface area contributed by atoms with Crippen LogP contribution in [0.2, 0.25) is 0 Å². The Labute approximate surface area is 128 Å². The van der Waals surface area contributed by atoms with E-state index in [1.165, 1.54) is 32.8 Å². The van der Waals surface area contributed by atoms with Crippen LogP contribution in [0.5, 0.6) is 0 Å². The first-order valence-electron chi connectivity index (χ1n) is 7.77. The molecule has 21 heavy (non-hydrogen) atoms. The summed E-state index contributed by atoms with van der Waals surface area (Å²) in [5.41, 5.74) is 7.70. The first kappa shape index (κ1) is 17.3. The summed E-state index contributed by atoms with van der Waals surface area (Å²) in [5.74, 6) is 0.427. The minimum absolute atomic E-state index is 0.360. The van der Waals surface area contributed by atoms with Crippen LogP contribution in [0.4, 0.5) is 11.4 Å². The molecule has 0 heterocycles. The first-order valence-corrected chi connectivity index (χ1v) is 7.77. The summed E-state index contributed by atoms with van der Waals surface area (Å²) < 4.78 is 4.78. The minimum atomic E-state index is -0.360. The Morgan fingerprint density at radius 2 is 1.95 bits per heavy atom. The SMILES string of the molecule is COC(=O)c1cccc(N)c1NCCCCCCC(C)C. The Kier molecular flexibility index (Phi) is 7.65. The standard InChI is InChI=1S/C17H28N2O2/c1-13(2)9-6-4-5-7-12-19-16-14(17(20)21-3)10-8-11-15(16)18/h8,10-11,13,19H,4-7,9,12,18H2,1-3H3. The van der Waals surface area contributed by atoms with E-state index in [1.807, 2.05) is 0 Å². The van der Waals surface area contributed by atoms with Crippen LogP contribution >= 0.6 is 0 Å². The summed E-state index contributed by atoms with van der Waals surface area (Å²) in [6.07, 6.45) is 6.12. The third kappa shape index (κ3) is 6.06. The third-order valence-electron chi connectivity index (χ3n) is 3.51. The molecule has 0 saturated heterocycles. The average Bonchev–Trinajstić information content (AvgIpc) is 2.46. The predicted octanol–water partition coefficient (Wildman–Crippen LogP) is 4.07. The fourth-order valence-electron chi connectivity index (χ4n) is 2.29. The van der Waals surface area contributed by atoms with E-state index in [9.17, 15) is 4.79 Å². The molecule has 1 rings (SSSR count). The number of unbranched alkanes of at least 4 members (excludes halogenated alkanes) is 3. The van der Waals surface area contributed by atoms with Crippen molar-refractivity contribution in [1.29, 1.82) is 0 Å². The van der Waals surface area contributed by atoms with Gasteiger partial charge in [-0.15, -0.1) is 0 Å². The van der Waals surface area contributed by atoms with Gasteiger partial charge in [0.05, 0.1) is 24.0 Å². The second-order valence-corrected chi connectivity index (χ2v) is 5.78. The Hall–Kier alpha value is -1.71. The molecule has 0 spiro atoms. The van der Waals surface area contributed by atoms with E-state index < -0.39 is 0 Å². The Morgan fingerprint density at radius 1 is 1.24 bits per heavy atom. The van der Waals surface area contributed by atoms with Gasteiger partial charge in [-0.05, 0) is 24.5 Å². The quantitative estimate of drug-likeness (QED) is 0.409. The number of nitrogens with one attached hydrogen (secondary N) is 1. The van der Waals surface area contributed by atoms with Gasteiger partial charge in [-0.1, -0.05) is 45.6 Å². The number of carbonyl (C=O) groups excluding carboxylic acids is 1. The summed E-state index contributed by atoms with van der Waals surface area (Å²) in [4.78, 5) is 11.7. The highest BCUT2D eigenvalue weighted by atomic mass is 16.5. The average molecular weight is 292 g/mol. The summed E-state index contributed by atoms with van der Waals surface area (Å²) in [7, 11) is 1.38. The molecule has 3 N–H and O–H groups in total. The fourth-order valence-corrected chi connectivity index (χ4v) is 2.29. The summed E-state index contributed by atoms with van der Waals surface area (Å²) in [6, 6.07) is 5.28. The van der Waals surface area contributed by atoms with E-state index in [0.29, 0.717) is 16.9 Å². The number of hydrogen-bond donors (Lipinski definition) is 2. The molecule has 0 bridgehead atoms. The molecule has 0 aliphatic carbocycles. The molecule has 0 saturated carbocycles. The molecule has 0 aliphatic rings. The number of ether oxygens (including phenoxy) is 1. The zero-order valence-electron chi connectivity index (χ0n) is 13.4. The second-order valence-electron chi connectivity index (χ2n) is 5.78. The number of anilines is 2. The van der Waals surface area contributed by atoms with Gasteiger partial charge in [0.1, 0.15) is 0 Å². The maximum atomic E-state index is 11.7. The van der Waals surface area contributed by atoms with Crippen LogP contribution in [-0.2, 0) is 4.74 Å². The van der Waals surface area contributed by atoms with Gasteiger partial charge in [0.15, 0.2) is 0 Å². The van der Waals surface area contributed by atoms with Crippen molar-refractivity contribution >= 4 is 17.3 Å². The number of esters is 1. The lowest BCUT2D eigenvalue weighted by Crippen LogP contribution is -2.11. The van der Waals surface area contributed by atoms with Crippen LogP contribution in [0.1, 0.15) is 56.3 Å². The number of nitrogens with two attached hydrogens (primary N) is 1. The zero-order chi connectivity index (χ0) is 15.7. The molecule has 1 aromatic rings. The van der Waals surface area contributed by atoms with Crippen molar-refractivity contribution in [3.8, 4) is 0 Å². The second kappa shape index (κ2) is 9.27. The van der Waals surface area contributed by atoms with E-state index in [0.717, 1.165) is 18.9 Å². The predicted molar refractivity (Wildman–Crippen MR) is 88.6 cm³/mol. The van der Waals surface area contributed by atoms with E-state index >= 15 is 0 Å². The van der Waals surface area contributed by atoms with Crippen LogP contribution in [0.15, 0.2) is 18.2 Å². The lowest BCUT2D eigenvalue weighted by Gasteiger charge is -2.13. The highest BCUT2D eigenvalue weighted by Gasteiger charge is 2.13. The maximum absolute atomic E-state index is 11.7. The lowest BCUT2D eigenvalue weighted by atomic mass is 10.0. The summed E-state index contributed by atoms with van der Waals surface area (Å²) in [5, 5.41) is 3.27. The molecule has 4 heteroatoms. The van der Waals surface area contributed by atoms with Gasteiger partial charge in [0.25, 0.3) is 0 Å². The van der Waals surface area contributed by atoms with Crippen LogP contribution < -0.4 is 11.1 Å². The van der Waals surface area contributed by atoms with Crippen molar-refractivity contribution < 1.29 is 9.53 Å². The Bertz CT molecular complexity index is 444. The molecular formula is C17H28N2O2. The van der Waals surface area contributed by atoms with Crippen LogP contribution in [0, 0.1) is 5.92 Å². The monoisotopic (exact) mass is 292 g/mol. The van der Waals surface area contributed by atoms with Crippen LogP contribution in [0.3, 0.4) is 0 Å². The van der Waals surface area contributed by atoms with E-state index in [4.69, 9.17) is 10.5 Å². The molecule has 0 radical (unpaired) electrons. The molecule has 4 nitrogen and oxygen atoms in total. The van der Waals surface area contributed by atoms with Gasteiger partial charge in [0, 0.05) is 6.54 Å². The number of methoxy groups -OCH3 is 1. The molecule has 1 aromatic carbocycles. The normalized spacial score (nSPS) is 10.7. The van der Waals surface area contributed by atoms with Crippen LogP contribution in [-0.4, -0.2) is 19.6 Å². The van der Waals surface area contributed by atoms with Crippen LogP contribution in [0.25, 0.3) is 0 Å². The molecule has 0 fully saturated rings. The Morgan fingerprint density at radius 3 is 2.62 bits per heavy atom. The molecule has 0 amide bonds. The number of rotatable bonds is 9. The van der Waals surface area contributed by atoms with E-state index in [2.05, 4.69) is 19.2 Å². The highest BCUT2D eigenvalue weighted by molar-refractivity contribution is 5.98. The smallest absolute Gasteiger partial charge is 0.340 e. The molecule has 118 valence electrons. The van der Waals surface area contributed by atoms with Crippen molar-refractivity contribution in [3.63, 3.8) is 0 Å². The van der Waals surface area contributed by atoms with Gasteiger partial charge in [-0.3, -0.25) is 0 Å². The van der Waals surface area contributed by atoms with Crippen molar-refractivity contribution in [3.05, 3.63) is 23.8 Å². The zero-order valence-corrected chi connectivity index (χ0v) is 13.4. The third-order valence-corrected chi connectivity index (χ3v) is 3.51. The van der Waals surface area contributed by atoms with Crippen molar-refractivity contribution in [2.75, 3.05) is 24.7 Å². The number of benzene rings is 1.